The van der Waals surface area contributed by atoms with E-state index in [1.54, 1.807) is 51.1 Å². The Labute approximate surface area is 346 Å². The third-order valence-electron chi connectivity index (χ3n) is 9.68. The molecule has 7 rings (SSSR count). The Morgan fingerprint density at radius 1 is 1.05 bits per heavy atom. The van der Waals surface area contributed by atoms with E-state index < -0.39 is 95.7 Å². The number of fused-ring (bicyclic) bond motifs is 2. The van der Waals surface area contributed by atoms with Gasteiger partial charge in [0.25, 0.3) is 11.5 Å². The third kappa shape index (κ3) is 9.46. The monoisotopic (exact) mass is 885 g/mol. The number of rotatable bonds is 17. The number of aromatic amines is 1. The molecule has 2 saturated heterocycles. The number of anilines is 2. The van der Waals surface area contributed by atoms with Crippen molar-refractivity contribution in [2.75, 3.05) is 37.0 Å². The number of carbonyl (C=O) groups excluding carboxylic acids is 2. The minimum absolute atomic E-state index is 0.0468. The van der Waals surface area contributed by atoms with Gasteiger partial charge in [-0.2, -0.15) is 4.98 Å². The van der Waals surface area contributed by atoms with E-state index in [1.165, 1.54) is 21.8 Å². The maximum Gasteiger partial charge on any atom is 0.488 e. The van der Waals surface area contributed by atoms with E-state index in [0.29, 0.717) is 5.56 Å². The van der Waals surface area contributed by atoms with E-state index in [9.17, 15) is 28.9 Å². The number of aromatic nitrogens is 8. The molecule has 61 heavy (non-hydrogen) atoms. The number of halogens is 1. The van der Waals surface area contributed by atoms with Crippen molar-refractivity contribution >= 4 is 62.8 Å². The molecule has 4 aromatic heterocycles. The number of aliphatic hydroxyl groups is 1. The molecular formula is C35H38FN11O12P2. The highest BCUT2D eigenvalue weighted by atomic mass is 31.2. The number of imidazole rings is 2. The molecule has 4 N–H and O–H groups in total. The standard InChI is InChI=1S/C35H38FN11O12P2/c1-17(2)30(49)44-35-43-29-24(32(51)45-35)41-16-47(29)34-25(58-60(52)53)18(3)21(57-34)13-55-61(54-11-10-37-4)59-26-20(12-48)56-33(22(26)36)46-15-40-23-27(38-14-39-28(23)46)42-31(50)19-8-6-5-7-9-19/h5-9,14-18,20-22,25-26,33-34,48H,10-13H2,1-3H3,(H,38,39,42,50)(H2,43,44,45,49,51). The molecule has 1 aromatic carbocycles. The number of benzene rings is 1. The molecule has 322 valence electrons. The molecular weight excluding hydrogens is 847 g/mol. The van der Waals surface area contributed by atoms with E-state index >= 15 is 4.39 Å². The number of hydrogen-bond donors (Lipinski definition) is 4. The van der Waals surface area contributed by atoms with E-state index in [-0.39, 0.29) is 53.9 Å². The maximum atomic E-state index is 16.5. The molecule has 2 aliphatic heterocycles. The van der Waals surface area contributed by atoms with Crippen LogP contribution in [0.4, 0.5) is 16.2 Å². The highest BCUT2D eigenvalue weighted by molar-refractivity contribution is 7.41. The summed E-state index contributed by atoms with van der Waals surface area (Å²) in [6.45, 7) is 10.8. The van der Waals surface area contributed by atoms with Gasteiger partial charge >= 0.3 is 16.9 Å². The predicted octanol–water partition coefficient (Wildman–Crippen LogP) is 2.54. The van der Waals surface area contributed by atoms with E-state index in [1.807, 2.05) is 0 Å². The van der Waals surface area contributed by atoms with Crippen LogP contribution in [0.5, 0.6) is 0 Å². The smallest absolute Gasteiger partial charge is 0.488 e. The van der Waals surface area contributed by atoms with Gasteiger partial charge in [-0.05, 0) is 16.7 Å². The largest absolute Gasteiger partial charge is 0.566 e. The Kier molecular flexibility index (Phi) is 13.8. The Morgan fingerprint density at radius 2 is 1.77 bits per heavy atom. The van der Waals surface area contributed by atoms with Crippen LogP contribution < -0.4 is 21.1 Å². The van der Waals surface area contributed by atoms with Crippen LogP contribution >= 0.6 is 16.9 Å². The second-order valence-electron chi connectivity index (χ2n) is 14.0. The van der Waals surface area contributed by atoms with Crippen LogP contribution in [0.25, 0.3) is 27.2 Å². The first-order valence-corrected chi connectivity index (χ1v) is 20.8. The lowest BCUT2D eigenvalue weighted by Crippen LogP contribution is -2.33. The molecule has 2 fully saturated rings. The minimum atomic E-state index is -3.42. The first-order valence-electron chi connectivity index (χ1n) is 18.6. The normalized spacial score (nSPS) is 24.6. The van der Waals surface area contributed by atoms with E-state index in [2.05, 4.69) is 45.4 Å². The van der Waals surface area contributed by atoms with E-state index in [4.69, 9.17) is 34.1 Å². The minimum Gasteiger partial charge on any atom is -0.566 e. The third-order valence-corrected chi connectivity index (χ3v) is 11.3. The Morgan fingerprint density at radius 3 is 2.48 bits per heavy atom. The van der Waals surface area contributed by atoms with Gasteiger partial charge in [0.15, 0.2) is 52.9 Å². The number of aliphatic hydroxyl groups excluding tert-OH is 1. The molecule has 2 aliphatic rings. The van der Waals surface area contributed by atoms with Crippen molar-refractivity contribution < 1.29 is 56.1 Å². The molecule has 26 heteroatoms. The lowest BCUT2D eigenvalue weighted by molar-refractivity contribution is -0.193. The Hall–Kier alpha value is -5.31. The quantitative estimate of drug-likeness (QED) is 0.0593. The molecule has 5 aromatic rings. The summed E-state index contributed by atoms with van der Waals surface area (Å²) in [6.07, 6.45) is -5.93. The number of amides is 2. The van der Waals surface area contributed by atoms with Gasteiger partial charge in [0.1, 0.15) is 25.1 Å². The van der Waals surface area contributed by atoms with Crippen LogP contribution in [0.1, 0.15) is 43.6 Å². The number of nitrogens with zero attached hydrogens (tertiary/aromatic N) is 8. The molecule has 0 saturated carbocycles. The fraction of sp³-hybridized carbons (Fsp3) is 0.457. The van der Waals surface area contributed by atoms with Crippen LogP contribution in [0.15, 0.2) is 54.1 Å². The molecule has 10 unspecified atom stereocenters. The number of H-pyrrole nitrogens is 1. The van der Waals surface area contributed by atoms with Crippen molar-refractivity contribution in [3.05, 3.63) is 76.6 Å². The highest BCUT2D eigenvalue weighted by Crippen LogP contribution is 2.48. The summed E-state index contributed by atoms with van der Waals surface area (Å²) < 4.78 is 66.1. The average Bonchev–Trinajstić information content (AvgIpc) is 4.01. The zero-order valence-corrected chi connectivity index (χ0v) is 34.2. The van der Waals surface area contributed by atoms with Gasteiger partial charge in [-0.15, -0.1) is 4.52 Å². The molecule has 2 amide bonds. The van der Waals surface area contributed by atoms with Gasteiger partial charge in [0.05, 0.1) is 32.0 Å². The molecule has 10 atom stereocenters. The van der Waals surface area contributed by atoms with Gasteiger partial charge in [0, 0.05) is 17.4 Å². The van der Waals surface area contributed by atoms with Gasteiger partial charge in [-0.1, -0.05) is 39.0 Å². The van der Waals surface area contributed by atoms with Crippen molar-refractivity contribution in [1.29, 1.82) is 0 Å². The van der Waals surface area contributed by atoms with Crippen molar-refractivity contribution in [1.82, 2.24) is 39.0 Å². The molecule has 23 nitrogen and oxygen atoms in total. The fourth-order valence-corrected chi connectivity index (χ4v) is 8.17. The Bertz CT molecular complexity index is 2490. The molecule has 0 bridgehead atoms. The van der Waals surface area contributed by atoms with Gasteiger partial charge < -0.3 is 43.2 Å². The van der Waals surface area contributed by atoms with Crippen LogP contribution in [-0.2, 0) is 36.9 Å². The number of alkyl halides is 1. The number of hydrogen-bond acceptors (Lipinski definition) is 17. The van der Waals surface area contributed by atoms with Crippen molar-refractivity contribution in [2.24, 2.45) is 11.8 Å². The number of ether oxygens (including phenoxy) is 2. The zero-order valence-electron chi connectivity index (χ0n) is 32.4. The second kappa shape index (κ2) is 19.2. The first-order chi connectivity index (χ1) is 29.4. The molecule has 0 radical (unpaired) electrons. The summed E-state index contributed by atoms with van der Waals surface area (Å²) in [5, 5.41) is 15.5. The van der Waals surface area contributed by atoms with Crippen molar-refractivity contribution in [2.45, 2.75) is 63.8 Å². The van der Waals surface area contributed by atoms with Gasteiger partial charge in [0.2, 0.25) is 18.4 Å². The summed E-state index contributed by atoms with van der Waals surface area (Å²) in [4.78, 5) is 76.8. The van der Waals surface area contributed by atoms with E-state index in [0.717, 1.165) is 6.33 Å². The fourth-order valence-electron chi connectivity index (χ4n) is 6.53. The topological polar surface area (TPSA) is 285 Å². The van der Waals surface area contributed by atoms with Gasteiger partial charge in [-0.25, -0.2) is 30.9 Å². The molecule has 6 heterocycles. The summed E-state index contributed by atoms with van der Waals surface area (Å²) in [5.41, 5.74) is -0.247. The maximum absolute atomic E-state index is 16.5. The Balaban J connectivity index is 1.08. The number of nitrogens with one attached hydrogen (secondary N) is 3. The lowest BCUT2D eigenvalue weighted by Gasteiger charge is -2.25. The summed E-state index contributed by atoms with van der Waals surface area (Å²) in [7, 11) is -5.92. The lowest BCUT2D eigenvalue weighted by atomic mass is 10.0. The van der Waals surface area contributed by atoms with Crippen LogP contribution in [0.2, 0.25) is 0 Å². The van der Waals surface area contributed by atoms with Crippen LogP contribution in [0.3, 0.4) is 0 Å². The van der Waals surface area contributed by atoms with Crippen LogP contribution in [0, 0.1) is 18.4 Å². The first kappa shape index (κ1) is 43.8. The zero-order chi connectivity index (χ0) is 43.4. The molecule has 0 aliphatic carbocycles. The second-order valence-corrected chi connectivity index (χ2v) is 15.8. The highest BCUT2D eigenvalue weighted by Gasteiger charge is 2.51. The van der Waals surface area contributed by atoms with Crippen LogP contribution in [-0.4, -0.2) is 113 Å². The molecule has 0 spiro atoms. The number of carbonyl (C=O) groups is 2. The summed E-state index contributed by atoms with van der Waals surface area (Å²) in [6, 6.07) is 8.40. The average molecular weight is 886 g/mol. The SMILES string of the molecule is [C-]#[N+]CCOP(OCC1OC(n2cnc3c(=O)[nH]c(NC(=O)C(C)C)nc32)C(O[P+](=O)[O-])C1C)OC1C(CO)OC(n2cnc3c(NC(=O)c4ccccc4)ncnc32)C1F. The summed E-state index contributed by atoms with van der Waals surface area (Å²) >= 11 is 0. The van der Waals surface area contributed by atoms with Crippen molar-refractivity contribution in [3.63, 3.8) is 0 Å². The van der Waals surface area contributed by atoms with Crippen molar-refractivity contribution in [3.8, 4) is 0 Å². The van der Waals surface area contributed by atoms with Gasteiger partial charge in [-0.3, -0.25) is 33.8 Å². The predicted molar refractivity (Wildman–Crippen MR) is 208 cm³/mol. The summed E-state index contributed by atoms with van der Waals surface area (Å²) in [5.74, 6) is -2.16.